The number of ether oxygens (including phenoxy) is 3. The van der Waals surface area contributed by atoms with Crippen molar-refractivity contribution in [2.75, 3.05) is 27.4 Å². The number of hydrogen-bond acceptors (Lipinski definition) is 6. The maximum Gasteiger partial charge on any atom is 0.463 e. The van der Waals surface area contributed by atoms with E-state index in [1.807, 2.05) is 6.92 Å². The van der Waals surface area contributed by atoms with Gasteiger partial charge in [0.2, 0.25) is 5.91 Å². The molecule has 0 aromatic heterocycles. The van der Waals surface area contributed by atoms with E-state index in [0.29, 0.717) is 30.8 Å². The molecule has 0 bridgehead atoms. The number of esters is 1. The zero-order valence-electron chi connectivity index (χ0n) is 18.5. The highest BCUT2D eigenvalue weighted by molar-refractivity contribution is 6.62. The Balaban J connectivity index is 3.08. The Morgan fingerprint density at radius 2 is 1.81 bits per heavy atom. The summed E-state index contributed by atoms with van der Waals surface area (Å²) >= 11 is 0. The molecule has 1 aromatic rings. The molecule has 0 N–H and O–H groups in total. The molecule has 0 spiro atoms. The zero-order chi connectivity index (χ0) is 23.4. The normalized spacial score (nSPS) is 9.94. The third-order valence-electron chi connectivity index (χ3n) is 4.38. The number of carbonyl (C=O) groups excluding carboxylic acids is 3. The molecule has 0 fully saturated rings. The Morgan fingerprint density at radius 3 is 2.35 bits per heavy atom. The van der Waals surface area contributed by atoms with Gasteiger partial charge in [-0.1, -0.05) is 11.6 Å². The highest BCUT2D eigenvalue weighted by Gasteiger charge is 2.37. The molecule has 1 aromatic carbocycles. The lowest BCUT2D eigenvalue weighted by molar-refractivity contribution is -0.147. The Hall–Kier alpha value is -3.45. The summed E-state index contributed by atoms with van der Waals surface area (Å²) in [4.78, 5) is 41.2. The van der Waals surface area contributed by atoms with Crippen LogP contribution in [0.2, 0.25) is 0 Å². The molecule has 2 amide bonds. The van der Waals surface area contributed by atoms with E-state index >= 15 is 0 Å². The van der Waals surface area contributed by atoms with E-state index in [1.165, 1.54) is 14.2 Å². The second kappa shape index (κ2) is 13.0. The lowest BCUT2D eigenvalue weighted by atomic mass is 10.1. The first-order valence-electron chi connectivity index (χ1n) is 9.88. The third-order valence-corrected chi connectivity index (χ3v) is 4.38. The number of rotatable bonds is 12. The average Bonchev–Trinajstić information content (AvgIpc) is 2.74. The number of benzene rings is 1. The van der Waals surface area contributed by atoms with Gasteiger partial charge in [0, 0.05) is 13.0 Å². The fourth-order valence-electron chi connectivity index (χ4n) is 2.79. The molecule has 0 saturated heterocycles. The number of amides is 2. The van der Waals surface area contributed by atoms with Crippen LogP contribution in [0.15, 0.2) is 30.4 Å². The van der Waals surface area contributed by atoms with Gasteiger partial charge in [0.1, 0.15) is 0 Å². The minimum Gasteiger partial charge on any atom is -0.493 e. The van der Waals surface area contributed by atoms with Gasteiger partial charge in [-0.15, -0.1) is 6.58 Å². The summed E-state index contributed by atoms with van der Waals surface area (Å²) in [6.45, 7) is 7.16. The predicted octanol–water partition coefficient (Wildman–Crippen LogP) is 2.58. The monoisotopic (exact) mass is 431 g/mol. The van der Waals surface area contributed by atoms with Crippen molar-refractivity contribution in [1.82, 2.24) is 4.90 Å². The summed E-state index contributed by atoms with van der Waals surface area (Å²) in [5.74, 6) is -1.54. The van der Waals surface area contributed by atoms with E-state index in [2.05, 4.69) is 11.4 Å². The van der Waals surface area contributed by atoms with Crippen molar-refractivity contribution in [3.63, 3.8) is 0 Å². The maximum atomic E-state index is 12.8. The molecule has 9 nitrogen and oxygen atoms in total. The van der Waals surface area contributed by atoms with Gasteiger partial charge in [-0.05, 0) is 50.8 Å². The van der Waals surface area contributed by atoms with Crippen LogP contribution in [0.1, 0.15) is 38.7 Å². The zero-order valence-corrected chi connectivity index (χ0v) is 18.5. The van der Waals surface area contributed by atoms with Crippen LogP contribution in [0.3, 0.4) is 0 Å². The van der Waals surface area contributed by atoms with Crippen molar-refractivity contribution in [3.8, 4) is 11.5 Å². The predicted molar refractivity (Wildman–Crippen MR) is 114 cm³/mol. The van der Waals surface area contributed by atoms with Crippen molar-refractivity contribution in [2.45, 2.75) is 39.5 Å². The number of carbonyl (C=O) groups is 3. The van der Waals surface area contributed by atoms with E-state index in [0.717, 1.165) is 16.0 Å². The average molecular weight is 431 g/mol. The van der Waals surface area contributed by atoms with Gasteiger partial charge >= 0.3 is 17.6 Å². The van der Waals surface area contributed by atoms with E-state index in [9.17, 15) is 19.9 Å². The first-order valence-corrected chi connectivity index (χ1v) is 9.88. The molecule has 1 rings (SSSR count). The van der Waals surface area contributed by atoms with Gasteiger partial charge < -0.3 is 19.7 Å². The molecule has 9 heteroatoms. The number of methoxy groups -OCH3 is 2. The smallest absolute Gasteiger partial charge is 0.463 e. The molecule has 168 valence electrons. The summed E-state index contributed by atoms with van der Waals surface area (Å²) in [6, 6.07) is 5.23. The van der Waals surface area contributed by atoms with E-state index < -0.39 is 23.5 Å². The molecule has 0 aliphatic rings. The van der Waals surface area contributed by atoms with Gasteiger partial charge in [-0.25, -0.2) is 4.79 Å². The maximum absolute atomic E-state index is 12.8. The minimum atomic E-state index is -1.10. The van der Waals surface area contributed by atoms with Gasteiger partial charge in [-0.3, -0.25) is 14.5 Å². The van der Waals surface area contributed by atoms with Crippen LogP contribution in [0.25, 0.3) is 5.53 Å². The SMILES string of the molecule is C=C(C)CCCC(=O)N(CCc1ccc(OC)c(OC)c1)C(=O)C(=[N+]=[N-])C(=O)OCC. The van der Waals surface area contributed by atoms with Crippen LogP contribution in [-0.4, -0.2) is 60.6 Å². The molecular formula is C22H29N3O6. The minimum absolute atomic E-state index is 0.0106. The summed E-state index contributed by atoms with van der Waals surface area (Å²) in [7, 11) is 3.03. The second-order valence-electron chi connectivity index (χ2n) is 6.77. The van der Waals surface area contributed by atoms with E-state index in [1.54, 1.807) is 25.1 Å². The van der Waals surface area contributed by atoms with Crippen LogP contribution in [0, 0.1) is 0 Å². The van der Waals surface area contributed by atoms with Crippen LogP contribution in [-0.2, 0) is 25.5 Å². The summed E-state index contributed by atoms with van der Waals surface area (Å²) < 4.78 is 15.2. The highest BCUT2D eigenvalue weighted by Crippen LogP contribution is 2.27. The molecule has 0 radical (unpaired) electrons. The van der Waals surface area contributed by atoms with Gasteiger partial charge in [0.05, 0.1) is 20.8 Å². The summed E-state index contributed by atoms with van der Waals surface area (Å²) in [6.07, 6.45) is 1.49. The summed E-state index contributed by atoms with van der Waals surface area (Å²) in [5.41, 5.74) is 10.0. The number of hydrogen-bond donors (Lipinski definition) is 0. The number of allylic oxidation sites excluding steroid dienone is 1. The molecular weight excluding hydrogens is 402 g/mol. The van der Waals surface area contributed by atoms with Crippen molar-refractivity contribution in [3.05, 3.63) is 41.4 Å². The van der Waals surface area contributed by atoms with Gasteiger partial charge in [0.15, 0.2) is 11.5 Å². The Morgan fingerprint density at radius 1 is 1.13 bits per heavy atom. The third kappa shape index (κ3) is 7.71. The lowest BCUT2D eigenvalue weighted by Crippen LogP contribution is -2.45. The highest BCUT2D eigenvalue weighted by atomic mass is 16.5. The van der Waals surface area contributed by atoms with E-state index in [-0.39, 0.29) is 19.6 Å². The van der Waals surface area contributed by atoms with Crippen LogP contribution in [0.4, 0.5) is 0 Å². The quantitative estimate of drug-likeness (QED) is 0.125. The fourth-order valence-corrected chi connectivity index (χ4v) is 2.79. The molecule has 31 heavy (non-hydrogen) atoms. The Kier molecular flexibility index (Phi) is 10.7. The fraction of sp³-hybridized carbons (Fsp3) is 0.455. The molecule has 0 atom stereocenters. The van der Waals surface area contributed by atoms with Gasteiger partial charge in [-0.2, -0.15) is 4.79 Å². The van der Waals surface area contributed by atoms with Crippen molar-refractivity contribution >= 4 is 23.5 Å². The molecule has 0 aliphatic heterocycles. The second-order valence-corrected chi connectivity index (χ2v) is 6.77. The molecule has 0 heterocycles. The largest absolute Gasteiger partial charge is 0.493 e. The Labute approximate surface area is 182 Å². The van der Waals surface area contributed by atoms with Crippen LogP contribution >= 0.6 is 0 Å². The molecule has 0 saturated carbocycles. The van der Waals surface area contributed by atoms with Gasteiger partial charge in [0.25, 0.3) is 0 Å². The first kappa shape index (κ1) is 25.6. The lowest BCUT2D eigenvalue weighted by Gasteiger charge is -2.19. The number of nitrogens with zero attached hydrogens (tertiary/aromatic N) is 3. The van der Waals surface area contributed by atoms with E-state index in [4.69, 9.17) is 14.2 Å². The van der Waals surface area contributed by atoms with Crippen molar-refractivity contribution in [1.29, 1.82) is 0 Å². The van der Waals surface area contributed by atoms with Crippen LogP contribution < -0.4 is 9.47 Å². The number of imide groups is 1. The first-order chi connectivity index (χ1) is 14.8. The molecule has 0 unspecified atom stereocenters. The topological polar surface area (TPSA) is 119 Å². The summed E-state index contributed by atoms with van der Waals surface area (Å²) in [5, 5.41) is 0. The van der Waals surface area contributed by atoms with Crippen molar-refractivity contribution < 1.29 is 33.4 Å². The molecule has 0 aliphatic carbocycles. The standard InChI is InChI=1S/C22H29N3O6/c1-6-31-22(28)20(24-23)21(27)25(19(26)9-7-8-15(2)3)13-12-16-10-11-17(29-4)18(14-16)30-5/h10-11,14H,2,6-9,12-13H2,1,3-5H3. The Bertz CT molecular complexity index is 874. The van der Waals surface area contributed by atoms with Crippen LogP contribution in [0.5, 0.6) is 11.5 Å². The van der Waals surface area contributed by atoms with Crippen molar-refractivity contribution in [2.24, 2.45) is 0 Å².